The standard InChI is InChI=1S/C14H21N3O12P2/c1-26-13(19)5-3-11(18)15-10-6-7-17(14(20)16-10)12-4-2-9(28-12)8-27-31(24,25)29-30(21,22)23/h6-7,9,12H,2-5,8H2,1H3,(H,24,25)(H2,21,22,23)(H,15,16,18,20)/p-2/t9-,12+/m0/s1. The van der Waals surface area contributed by atoms with Crippen LogP contribution in [0.1, 0.15) is 31.9 Å². The first-order valence-corrected chi connectivity index (χ1v) is 11.7. The lowest BCUT2D eigenvalue weighted by atomic mass is 10.2. The highest BCUT2D eigenvalue weighted by molar-refractivity contribution is 7.59. The fraction of sp³-hybridized carbons (Fsp3) is 0.571. The van der Waals surface area contributed by atoms with Gasteiger partial charge in [0.2, 0.25) is 5.91 Å². The zero-order chi connectivity index (χ0) is 23.2. The highest BCUT2D eigenvalue weighted by atomic mass is 31.3. The van der Waals surface area contributed by atoms with Crippen molar-refractivity contribution in [1.82, 2.24) is 9.55 Å². The van der Waals surface area contributed by atoms with Crippen molar-refractivity contribution in [2.45, 2.75) is 38.0 Å². The van der Waals surface area contributed by atoms with Crippen molar-refractivity contribution in [2.75, 3.05) is 19.0 Å². The van der Waals surface area contributed by atoms with Crippen LogP contribution in [0.25, 0.3) is 0 Å². The number of hydrogen-bond acceptors (Lipinski definition) is 12. The molecule has 2 unspecified atom stereocenters. The fourth-order valence-electron chi connectivity index (χ4n) is 2.56. The molecular weight excluding hydrogens is 464 g/mol. The molecular formula is C14H19N3O12P2-2. The average molecular weight is 483 g/mol. The van der Waals surface area contributed by atoms with Crippen LogP contribution in [0.4, 0.5) is 5.82 Å². The number of ether oxygens (including phenoxy) is 2. The number of amides is 1. The molecule has 1 aromatic heterocycles. The van der Waals surface area contributed by atoms with Crippen molar-refractivity contribution in [1.29, 1.82) is 0 Å². The Morgan fingerprint density at radius 3 is 2.68 bits per heavy atom. The van der Waals surface area contributed by atoms with Gasteiger partial charge in [0.05, 0.1) is 26.2 Å². The van der Waals surface area contributed by atoms with Crippen LogP contribution in [-0.4, -0.2) is 46.1 Å². The molecule has 0 radical (unpaired) electrons. The second-order valence-corrected chi connectivity index (χ2v) is 8.95. The minimum atomic E-state index is -5.54. The van der Waals surface area contributed by atoms with E-state index in [1.54, 1.807) is 0 Å². The van der Waals surface area contributed by atoms with E-state index in [0.717, 1.165) is 4.57 Å². The summed E-state index contributed by atoms with van der Waals surface area (Å²) in [6.07, 6.45) is -0.0680. The Balaban J connectivity index is 1.89. The maximum absolute atomic E-state index is 12.2. The molecule has 17 heteroatoms. The first-order valence-electron chi connectivity index (χ1n) is 8.70. The first-order chi connectivity index (χ1) is 14.4. The van der Waals surface area contributed by atoms with Gasteiger partial charge in [-0.15, -0.1) is 0 Å². The lowest BCUT2D eigenvalue weighted by Gasteiger charge is -2.28. The van der Waals surface area contributed by atoms with E-state index in [1.165, 1.54) is 19.4 Å². The van der Waals surface area contributed by atoms with Crippen LogP contribution < -0.4 is 20.8 Å². The maximum atomic E-state index is 12.2. The molecule has 31 heavy (non-hydrogen) atoms. The number of aromatic nitrogens is 2. The SMILES string of the molecule is COC(=O)CCC(=O)Nc1ccn([C@H]2CC[C@@H](COP(=O)([O-])OP(=O)([O-])O)O2)c(=O)n1. The molecule has 4 atom stereocenters. The summed E-state index contributed by atoms with van der Waals surface area (Å²) in [7, 11) is -9.66. The molecule has 2 heterocycles. The van der Waals surface area contributed by atoms with Crippen molar-refractivity contribution in [2.24, 2.45) is 0 Å². The third kappa shape index (κ3) is 8.59. The molecule has 1 fully saturated rings. The zero-order valence-corrected chi connectivity index (χ0v) is 17.9. The molecule has 1 aliphatic rings. The lowest BCUT2D eigenvalue weighted by molar-refractivity contribution is -0.242. The van der Waals surface area contributed by atoms with E-state index in [-0.39, 0.29) is 31.5 Å². The van der Waals surface area contributed by atoms with E-state index in [0.29, 0.717) is 0 Å². The number of nitrogens with zero attached hydrogens (tertiary/aromatic N) is 2. The summed E-state index contributed by atoms with van der Waals surface area (Å²) in [6.45, 7) is -0.603. The van der Waals surface area contributed by atoms with Gasteiger partial charge in [-0.1, -0.05) is 0 Å². The topological polar surface area (TPSA) is 218 Å². The van der Waals surface area contributed by atoms with Gasteiger partial charge in [0.15, 0.2) is 0 Å². The van der Waals surface area contributed by atoms with Gasteiger partial charge >= 0.3 is 11.7 Å². The largest absolute Gasteiger partial charge is 0.756 e. The summed E-state index contributed by atoms with van der Waals surface area (Å²) < 4.78 is 40.6. The summed E-state index contributed by atoms with van der Waals surface area (Å²) in [5.41, 5.74) is -0.761. The molecule has 15 nitrogen and oxygen atoms in total. The number of anilines is 1. The molecule has 2 rings (SSSR count). The Morgan fingerprint density at radius 2 is 2.06 bits per heavy atom. The van der Waals surface area contributed by atoms with E-state index >= 15 is 0 Å². The zero-order valence-electron chi connectivity index (χ0n) is 16.1. The Morgan fingerprint density at radius 1 is 1.35 bits per heavy atom. The van der Waals surface area contributed by atoms with Crippen LogP contribution in [0, 0.1) is 0 Å². The molecule has 1 aliphatic heterocycles. The van der Waals surface area contributed by atoms with Crippen LogP contribution in [0.15, 0.2) is 17.1 Å². The lowest BCUT2D eigenvalue weighted by Crippen LogP contribution is -2.29. The van der Waals surface area contributed by atoms with Gasteiger partial charge in [0, 0.05) is 12.6 Å². The molecule has 2 N–H and O–H groups in total. The quantitative estimate of drug-likeness (QED) is 0.295. The number of carbonyl (C=O) groups excluding carboxylic acids is 2. The minimum Gasteiger partial charge on any atom is -0.756 e. The number of methoxy groups -OCH3 is 1. The molecule has 0 aliphatic carbocycles. The highest BCUT2D eigenvalue weighted by Crippen LogP contribution is 2.52. The van der Waals surface area contributed by atoms with Crippen molar-refractivity contribution < 1.29 is 51.7 Å². The third-order valence-electron chi connectivity index (χ3n) is 3.90. The summed E-state index contributed by atoms with van der Waals surface area (Å²) >= 11 is 0. The van der Waals surface area contributed by atoms with Crippen molar-refractivity contribution in [3.8, 4) is 0 Å². The maximum Gasteiger partial charge on any atom is 0.351 e. The van der Waals surface area contributed by atoms with Crippen LogP contribution in [0.5, 0.6) is 0 Å². The van der Waals surface area contributed by atoms with Crippen molar-refractivity contribution in [3.63, 3.8) is 0 Å². The predicted molar refractivity (Wildman–Crippen MR) is 96.0 cm³/mol. The Bertz CT molecular complexity index is 960. The minimum absolute atomic E-state index is 0.0375. The number of rotatable bonds is 10. The van der Waals surface area contributed by atoms with E-state index < -0.39 is 52.2 Å². The van der Waals surface area contributed by atoms with Gasteiger partial charge in [0.1, 0.15) is 12.0 Å². The highest BCUT2D eigenvalue weighted by Gasteiger charge is 2.29. The Hall–Kier alpha value is -1.96. The number of phosphoric ester groups is 1. The van der Waals surface area contributed by atoms with Gasteiger partial charge in [-0.25, -0.2) is 9.11 Å². The fourth-order valence-corrected chi connectivity index (χ4v) is 4.11. The third-order valence-corrected chi connectivity index (χ3v) is 5.99. The monoisotopic (exact) mass is 483 g/mol. The molecule has 1 amide bonds. The number of nitrogens with one attached hydrogen (secondary N) is 1. The molecule has 1 saturated heterocycles. The normalized spacial score (nSPS) is 22.3. The van der Waals surface area contributed by atoms with Gasteiger partial charge in [-0.05, 0) is 18.9 Å². The number of hydrogen-bond donors (Lipinski definition) is 2. The predicted octanol–water partition coefficient (Wildman–Crippen LogP) is -1.23. The van der Waals surface area contributed by atoms with Crippen molar-refractivity contribution in [3.05, 3.63) is 22.7 Å². The summed E-state index contributed by atoms with van der Waals surface area (Å²) in [5, 5.41) is 2.36. The van der Waals surface area contributed by atoms with Crippen molar-refractivity contribution >= 4 is 33.3 Å². The van der Waals surface area contributed by atoms with Gasteiger partial charge in [0.25, 0.3) is 15.6 Å². The smallest absolute Gasteiger partial charge is 0.351 e. The van der Waals surface area contributed by atoms with Gasteiger partial charge < -0.3 is 34.0 Å². The Kier molecular flexibility index (Phi) is 8.63. The molecule has 0 spiro atoms. The van der Waals surface area contributed by atoms with E-state index in [4.69, 9.17) is 9.63 Å². The van der Waals surface area contributed by atoms with Gasteiger partial charge in [-0.2, -0.15) is 4.98 Å². The van der Waals surface area contributed by atoms with E-state index in [2.05, 4.69) is 23.9 Å². The van der Waals surface area contributed by atoms with Gasteiger partial charge in [-0.3, -0.25) is 23.3 Å². The average Bonchev–Trinajstić information content (AvgIpc) is 3.11. The molecule has 1 aromatic rings. The van der Waals surface area contributed by atoms with Crippen LogP contribution in [0.3, 0.4) is 0 Å². The number of carbonyl (C=O) groups is 2. The number of esters is 1. The van der Waals surface area contributed by atoms with Crippen LogP contribution >= 0.6 is 15.6 Å². The summed E-state index contributed by atoms with van der Waals surface area (Å²) in [6, 6.07) is 1.33. The van der Waals surface area contributed by atoms with Crippen LogP contribution in [-0.2, 0) is 37.0 Å². The summed E-state index contributed by atoms with van der Waals surface area (Å²) in [4.78, 5) is 68.9. The molecule has 0 saturated carbocycles. The second-order valence-electron chi connectivity index (χ2n) is 6.21. The summed E-state index contributed by atoms with van der Waals surface area (Å²) in [5.74, 6) is -1.14. The first kappa shape index (κ1) is 25.3. The number of phosphoric acid groups is 2. The Labute approximate surface area is 175 Å². The molecule has 0 aromatic carbocycles. The molecule has 174 valence electrons. The second kappa shape index (κ2) is 10.6. The van der Waals surface area contributed by atoms with E-state index in [1.807, 2.05) is 0 Å². The van der Waals surface area contributed by atoms with E-state index in [9.17, 15) is 33.3 Å². The molecule has 0 bridgehead atoms. The van der Waals surface area contributed by atoms with Crippen LogP contribution in [0.2, 0.25) is 0 Å².